The van der Waals surface area contributed by atoms with E-state index in [2.05, 4.69) is 33.8 Å². The van der Waals surface area contributed by atoms with E-state index >= 15 is 0 Å². The van der Waals surface area contributed by atoms with Crippen LogP contribution in [-0.4, -0.2) is 82.9 Å². The van der Waals surface area contributed by atoms with Crippen LogP contribution in [0.15, 0.2) is 36.4 Å². The van der Waals surface area contributed by atoms with Gasteiger partial charge in [-0.25, -0.2) is 0 Å². The summed E-state index contributed by atoms with van der Waals surface area (Å²) in [5.41, 5.74) is 2.46. The van der Waals surface area contributed by atoms with Crippen molar-refractivity contribution in [2.45, 2.75) is 32.7 Å². The van der Waals surface area contributed by atoms with Gasteiger partial charge in [-0.1, -0.05) is 12.1 Å². The summed E-state index contributed by atoms with van der Waals surface area (Å²) in [6.45, 7) is 10.2. The highest BCUT2D eigenvalue weighted by molar-refractivity contribution is 5.94. The fourth-order valence-electron chi connectivity index (χ4n) is 4.40. The number of hydrogen-bond acceptors (Lipinski definition) is 6. The zero-order valence-corrected chi connectivity index (χ0v) is 18.6. The molecule has 3 heterocycles. The molecule has 31 heavy (non-hydrogen) atoms. The predicted octanol–water partition coefficient (Wildman–Crippen LogP) is 2.52. The summed E-state index contributed by atoms with van der Waals surface area (Å²) in [6.07, 6.45) is 1.74. The second kappa shape index (κ2) is 9.75. The lowest BCUT2D eigenvalue weighted by Crippen LogP contribution is -2.49. The number of nitrogens with zero attached hydrogens (tertiary/aromatic N) is 5. The number of anilines is 1. The minimum atomic E-state index is 0.0601. The van der Waals surface area contributed by atoms with Crippen molar-refractivity contribution in [3.63, 3.8) is 0 Å². The van der Waals surface area contributed by atoms with Crippen molar-refractivity contribution < 1.29 is 9.90 Å². The summed E-state index contributed by atoms with van der Waals surface area (Å²) in [5.74, 6) is 1.31. The average molecular weight is 424 g/mol. The summed E-state index contributed by atoms with van der Waals surface area (Å²) in [5, 5.41) is 18.2. The van der Waals surface area contributed by atoms with Gasteiger partial charge in [-0.05, 0) is 56.9 Å². The maximum atomic E-state index is 12.8. The molecule has 2 aliphatic rings. The van der Waals surface area contributed by atoms with Gasteiger partial charge in [0.2, 0.25) is 0 Å². The van der Waals surface area contributed by atoms with Gasteiger partial charge in [0.15, 0.2) is 5.82 Å². The third-order valence-electron chi connectivity index (χ3n) is 6.61. The number of piperazine rings is 1. The lowest BCUT2D eigenvalue weighted by molar-refractivity contribution is 0.0651. The molecule has 7 heteroatoms. The van der Waals surface area contributed by atoms with Crippen LogP contribution in [-0.2, 0) is 0 Å². The molecule has 0 atom stereocenters. The van der Waals surface area contributed by atoms with E-state index in [9.17, 15) is 9.90 Å². The molecule has 2 saturated heterocycles. The largest absolute Gasteiger partial charge is 0.396 e. The number of aliphatic hydroxyl groups excluding tert-OH is 1. The van der Waals surface area contributed by atoms with Gasteiger partial charge in [0.25, 0.3) is 5.91 Å². The molecule has 0 radical (unpaired) electrons. The van der Waals surface area contributed by atoms with Crippen molar-refractivity contribution in [2.75, 3.05) is 50.8 Å². The average Bonchev–Trinajstić information content (AvgIpc) is 2.84. The number of rotatable bonds is 5. The quantitative estimate of drug-likeness (QED) is 0.797. The zero-order valence-electron chi connectivity index (χ0n) is 18.6. The Morgan fingerprint density at radius 2 is 1.65 bits per heavy atom. The predicted molar refractivity (Wildman–Crippen MR) is 122 cm³/mol. The van der Waals surface area contributed by atoms with Crippen molar-refractivity contribution in [3.05, 3.63) is 42.0 Å². The number of benzene rings is 1. The van der Waals surface area contributed by atoms with Crippen LogP contribution >= 0.6 is 0 Å². The first-order valence-electron chi connectivity index (χ1n) is 11.4. The third kappa shape index (κ3) is 5.05. The molecular weight excluding hydrogens is 390 g/mol. The highest BCUT2D eigenvalue weighted by Crippen LogP contribution is 2.22. The van der Waals surface area contributed by atoms with Crippen molar-refractivity contribution in [1.82, 2.24) is 20.0 Å². The molecule has 7 nitrogen and oxygen atoms in total. The number of hydrogen-bond donors (Lipinski definition) is 1. The third-order valence-corrected chi connectivity index (χ3v) is 6.61. The molecule has 0 spiro atoms. The molecular formula is C24H33N5O2. The van der Waals surface area contributed by atoms with Gasteiger partial charge in [-0.2, -0.15) is 0 Å². The summed E-state index contributed by atoms with van der Waals surface area (Å²) in [7, 11) is 0. The van der Waals surface area contributed by atoms with E-state index in [0.29, 0.717) is 30.6 Å². The first-order valence-corrected chi connectivity index (χ1v) is 11.4. The topological polar surface area (TPSA) is 72.8 Å². The molecule has 0 saturated carbocycles. The fourth-order valence-corrected chi connectivity index (χ4v) is 4.40. The van der Waals surface area contributed by atoms with Crippen LogP contribution in [0.1, 0.15) is 37.0 Å². The van der Waals surface area contributed by atoms with Crippen molar-refractivity contribution in [3.8, 4) is 11.3 Å². The monoisotopic (exact) mass is 423 g/mol. The molecule has 0 bridgehead atoms. The number of piperidine rings is 1. The normalized spacial score (nSPS) is 18.6. The molecule has 0 aliphatic carbocycles. The Morgan fingerprint density at radius 3 is 2.19 bits per heavy atom. The molecule has 1 amide bonds. The smallest absolute Gasteiger partial charge is 0.253 e. The van der Waals surface area contributed by atoms with Gasteiger partial charge in [0, 0.05) is 63.0 Å². The van der Waals surface area contributed by atoms with Crippen LogP contribution in [0.25, 0.3) is 11.3 Å². The van der Waals surface area contributed by atoms with E-state index in [4.69, 9.17) is 0 Å². The first kappa shape index (κ1) is 21.7. The molecule has 2 aliphatic heterocycles. The van der Waals surface area contributed by atoms with Crippen molar-refractivity contribution in [2.24, 2.45) is 5.92 Å². The first-order chi connectivity index (χ1) is 15.0. The standard InChI is InChI=1S/C24H33N5O2/c1-18(2)27-13-15-28(16-14-27)23-8-7-22(25-26-23)20-3-5-21(6-4-20)24(31)29-11-9-19(17-30)10-12-29/h3-8,18-19,30H,9-17H2,1-2H3. The highest BCUT2D eigenvalue weighted by atomic mass is 16.3. The second-order valence-corrected chi connectivity index (χ2v) is 8.89. The summed E-state index contributed by atoms with van der Waals surface area (Å²) >= 11 is 0. The van der Waals surface area contributed by atoms with E-state index in [1.165, 1.54) is 0 Å². The van der Waals surface area contributed by atoms with Crippen LogP contribution in [0.5, 0.6) is 0 Å². The molecule has 0 unspecified atom stereocenters. The summed E-state index contributed by atoms with van der Waals surface area (Å²) in [4.78, 5) is 19.4. The van der Waals surface area contributed by atoms with Gasteiger partial charge in [-0.15, -0.1) is 10.2 Å². The van der Waals surface area contributed by atoms with Gasteiger partial charge < -0.3 is 14.9 Å². The Hall–Kier alpha value is -2.51. The Balaban J connectivity index is 1.36. The van der Waals surface area contributed by atoms with Crippen molar-refractivity contribution >= 4 is 11.7 Å². The van der Waals surface area contributed by atoms with Gasteiger partial charge in [0.05, 0.1) is 5.69 Å². The summed E-state index contributed by atoms with van der Waals surface area (Å²) in [6, 6.07) is 12.3. The molecule has 1 aromatic heterocycles. The van der Waals surface area contributed by atoms with Crippen LogP contribution in [0.3, 0.4) is 0 Å². The van der Waals surface area contributed by atoms with Gasteiger partial charge >= 0.3 is 0 Å². The van der Waals surface area contributed by atoms with E-state index in [1.54, 1.807) is 0 Å². The second-order valence-electron chi connectivity index (χ2n) is 8.89. The Labute approximate surface area is 184 Å². The highest BCUT2D eigenvalue weighted by Gasteiger charge is 2.23. The maximum absolute atomic E-state index is 12.8. The molecule has 1 aromatic carbocycles. The Morgan fingerprint density at radius 1 is 0.968 bits per heavy atom. The maximum Gasteiger partial charge on any atom is 0.253 e. The minimum absolute atomic E-state index is 0.0601. The SMILES string of the molecule is CC(C)N1CCN(c2ccc(-c3ccc(C(=O)N4CCC(CO)CC4)cc3)nn2)CC1. The number of amides is 1. The number of aromatic nitrogens is 2. The lowest BCUT2D eigenvalue weighted by Gasteiger charge is -2.37. The van der Waals surface area contributed by atoms with Crippen LogP contribution < -0.4 is 4.90 Å². The van der Waals surface area contributed by atoms with Crippen molar-refractivity contribution in [1.29, 1.82) is 0 Å². The van der Waals surface area contributed by atoms with E-state index in [-0.39, 0.29) is 12.5 Å². The Bertz CT molecular complexity index is 853. The molecule has 1 N–H and O–H groups in total. The van der Waals surface area contributed by atoms with Crippen LogP contribution in [0, 0.1) is 5.92 Å². The van der Waals surface area contributed by atoms with E-state index in [1.807, 2.05) is 41.3 Å². The minimum Gasteiger partial charge on any atom is -0.396 e. The summed E-state index contributed by atoms with van der Waals surface area (Å²) < 4.78 is 0. The molecule has 2 fully saturated rings. The van der Waals surface area contributed by atoms with E-state index in [0.717, 1.165) is 56.1 Å². The Kier molecular flexibility index (Phi) is 6.83. The lowest BCUT2D eigenvalue weighted by atomic mass is 9.97. The fraction of sp³-hybridized carbons (Fsp3) is 0.542. The number of aliphatic hydroxyl groups is 1. The molecule has 2 aromatic rings. The van der Waals surface area contributed by atoms with E-state index < -0.39 is 0 Å². The van der Waals surface area contributed by atoms with Gasteiger partial charge in [-0.3, -0.25) is 9.69 Å². The van der Waals surface area contributed by atoms with Crippen LogP contribution in [0.2, 0.25) is 0 Å². The van der Waals surface area contributed by atoms with Crippen LogP contribution in [0.4, 0.5) is 5.82 Å². The number of likely N-dealkylation sites (tertiary alicyclic amines) is 1. The number of carbonyl (C=O) groups excluding carboxylic acids is 1. The van der Waals surface area contributed by atoms with Gasteiger partial charge in [0.1, 0.15) is 0 Å². The zero-order chi connectivity index (χ0) is 21.8. The molecule has 166 valence electrons. The molecule has 4 rings (SSSR count). The number of carbonyl (C=O) groups is 1.